The molecule has 5 aromatic rings. The van der Waals surface area contributed by atoms with Gasteiger partial charge in [-0.3, -0.25) is 9.36 Å². The molecule has 0 saturated heterocycles. The standard InChI is InChI=1S/C35H25BrCl2N2O3S/c1-42-29-9-5-4-8-25(29)33-26-14-12-21-6-2-3-7-24(21)32(26)39-35-40(33)34(41)31(44-35)17-20-10-15-30(27(36)16-20)43-19-22-11-13-23(37)18-28(22)38/h2-11,13,15-18,33H,12,14,19H2,1H3/b31-17+/t33-/m0/s1. The van der Waals surface area contributed by atoms with Crippen molar-refractivity contribution in [2.45, 2.75) is 25.5 Å². The first kappa shape index (κ1) is 29.1. The van der Waals surface area contributed by atoms with Crippen molar-refractivity contribution in [1.29, 1.82) is 0 Å². The fourth-order valence-corrected chi connectivity index (χ4v) is 7.84. The van der Waals surface area contributed by atoms with Gasteiger partial charge in [-0.25, -0.2) is 4.99 Å². The van der Waals surface area contributed by atoms with Crippen LogP contribution in [0, 0.1) is 0 Å². The van der Waals surface area contributed by atoms with E-state index < -0.39 is 0 Å². The highest BCUT2D eigenvalue weighted by Crippen LogP contribution is 2.43. The van der Waals surface area contributed by atoms with Crippen molar-refractivity contribution in [3.05, 3.63) is 153 Å². The SMILES string of the molecule is COc1ccccc1[C@H]1C2=C(N=c3s/c(=C/c4ccc(OCc5ccc(Cl)cc5Cl)c(Br)c4)c(=O)n31)c1ccccc1CC2. The molecule has 0 bridgehead atoms. The molecule has 4 aromatic carbocycles. The lowest BCUT2D eigenvalue weighted by atomic mass is 9.83. The van der Waals surface area contributed by atoms with Crippen LogP contribution in [0.4, 0.5) is 0 Å². The molecule has 2 heterocycles. The van der Waals surface area contributed by atoms with Crippen molar-refractivity contribution >= 4 is 62.2 Å². The monoisotopic (exact) mass is 702 g/mol. The van der Waals surface area contributed by atoms with Crippen LogP contribution in [-0.4, -0.2) is 11.7 Å². The summed E-state index contributed by atoms with van der Waals surface area (Å²) in [5.74, 6) is 1.41. The summed E-state index contributed by atoms with van der Waals surface area (Å²) in [6, 6.07) is 27.1. The van der Waals surface area contributed by atoms with Crippen LogP contribution < -0.4 is 24.4 Å². The van der Waals surface area contributed by atoms with Gasteiger partial charge in [-0.15, -0.1) is 0 Å². The van der Waals surface area contributed by atoms with Crippen molar-refractivity contribution < 1.29 is 9.47 Å². The Morgan fingerprint density at radius 3 is 2.64 bits per heavy atom. The fraction of sp³-hybridized carbons (Fsp3) is 0.143. The topological polar surface area (TPSA) is 52.8 Å². The van der Waals surface area contributed by atoms with Crippen molar-refractivity contribution in [2.24, 2.45) is 4.99 Å². The number of allylic oxidation sites excluding steroid dienone is 1. The number of hydrogen-bond acceptors (Lipinski definition) is 5. The third-order valence-corrected chi connectivity index (χ3v) is 10.1. The van der Waals surface area contributed by atoms with E-state index in [0.717, 1.165) is 56.6 Å². The highest BCUT2D eigenvalue weighted by atomic mass is 79.9. The second kappa shape index (κ2) is 12.1. The predicted molar refractivity (Wildman–Crippen MR) is 181 cm³/mol. The fourth-order valence-electron chi connectivity index (χ4n) is 5.86. The molecular weight excluding hydrogens is 679 g/mol. The van der Waals surface area contributed by atoms with Crippen LogP contribution in [0.15, 0.2) is 105 Å². The number of methoxy groups -OCH3 is 1. The molecular formula is C35H25BrCl2N2O3S. The molecule has 0 amide bonds. The summed E-state index contributed by atoms with van der Waals surface area (Å²) >= 11 is 17.4. The molecule has 1 atom stereocenters. The number of aryl methyl sites for hydroxylation is 1. The van der Waals surface area contributed by atoms with Crippen molar-refractivity contribution in [3.8, 4) is 11.5 Å². The summed E-state index contributed by atoms with van der Waals surface area (Å²) in [7, 11) is 1.67. The molecule has 2 aliphatic rings. The molecule has 1 aliphatic carbocycles. The van der Waals surface area contributed by atoms with E-state index in [1.807, 2.05) is 65.2 Å². The number of hydrogen-bond donors (Lipinski definition) is 0. The Bertz CT molecular complexity index is 2150. The normalized spacial score (nSPS) is 15.7. The Labute approximate surface area is 276 Å². The number of aromatic nitrogens is 1. The third-order valence-electron chi connectivity index (χ3n) is 7.96. The van der Waals surface area contributed by atoms with Gasteiger partial charge in [0.25, 0.3) is 5.56 Å². The molecule has 0 N–H and O–H groups in total. The minimum absolute atomic E-state index is 0.0797. The highest BCUT2D eigenvalue weighted by molar-refractivity contribution is 9.10. The second-order valence-electron chi connectivity index (χ2n) is 10.6. The number of halogens is 3. The number of ether oxygens (including phenoxy) is 2. The molecule has 0 unspecified atom stereocenters. The molecule has 0 spiro atoms. The molecule has 220 valence electrons. The molecule has 44 heavy (non-hydrogen) atoms. The third kappa shape index (κ3) is 5.32. The Hall–Kier alpha value is -3.62. The molecule has 0 radical (unpaired) electrons. The molecule has 1 aliphatic heterocycles. The van der Waals surface area contributed by atoms with E-state index in [1.54, 1.807) is 19.2 Å². The van der Waals surface area contributed by atoms with Gasteiger partial charge in [-0.2, -0.15) is 0 Å². The van der Waals surface area contributed by atoms with Crippen LogP contribution >= 0.6 is 50.5 Å². The minimum Gasteiger partial charge on any atom is -0.496 e. The van der Waals surface area contributed by atoms with Gasteiger partial charge in [-0.1, -0.05) is 89.1 Å². The van der Waals surface area contributed by atoms with Gasteiger partial charge in [0.1, 0.15) is 18.1 Å². The molecule has 9 heteroatoms. The van der Waals surface area contributed by atoms with Crippen LogP contribution in [0.2, 0.25) is 10.0 Å². The van der Waals surface area contributed by atoms with E-state index in [9.17, 15) is 4.79 Å². The zero-order valence-corrected chi connectivity index (χ0v) is 27.4. The van der Waals surface area contributed by atoms with Gasteiger partial charge in [0.05, 0.1) is 27.9 Å². The Balaban J connectivity index is 1.30. The lowest BCUT2D eigenvalue weighted by Crippen LogP contribution is -2.39. The minimum atomic E-state index is -0.310. The summed E-state index contributed by atoms with van der Waals surface area (Å²) in [5.41, 5.74) is 7.07. The van der Waals surface area contributed by atoms with Gasteiger partial charge in [0.15, 0.2) is 4.80 Å². The maximum Gasteiger partial charge on any atom is 0.271 e. The summed E-state index contributed by atoms with van der Waals surface area (Å²) in [4.78, 5) is 19.9. The number of nitrogens with zero attached hydrogens (tertiary/aromatic N) is 2. The highest BCUT2D eigenvalue weighted by Gasteiger charge is 2.34. The smallest absolute Gasteiger partial charge is 0.271 e. The van der Waals surface area contributed by atoms with E-state index >= 15 is 0 Å². The maximum atomic E-state index is 14.1. The van der Waals surface area contributed by atoms with Crippen LogP contribution in [-0.2, 0) is 13.0 Å². The molecule has 0 saturated carbocycles. The first-order valence-electron chi connectivity index (χ1n) is 14.0. The van der Waals surface area contributed by atoms with Crippen LogP contribution in [0.5, 0.6) is 11.5 Å². The zero-order valence-electron chi connectivity index (χ0n) is 23.5. The average molecular weight is 704 g/mol. The Kier molecular flexibility index (Phi) is 7.97. The molecule has 1 aromatic heterocycles. The van der Waals surface area contributed by atoms with Crippen LogP contribution in [0.25, 0.3) is 11.8 Å². The van der Waals surface area contributed by atoms with Gasteiger partial charge in [-0.05, 0) is 81.9 Å². The molecule has 7 rings (SSSR count). The summed E-state index contributed by atoms with van der Waals surface area (Å²) in [5, 5.41) is 1.13. The number of rotatable bonds is 6. The van der Waals surface area contributed by atoms with E-state index in [-0.39, 0.29) is 11.6 Å². The van der Waals surface area contributed by atoms with E-state index in [0.29, 0.717) is 31.7 Å². The number of fused-ring (bicyclic) bond motifs is 3. The largest absolute Gasteiger partial charge is 0.496 e. The van der Waals surface area contributed by atoms with E-state index in [1.165, 1.54) is 16.9 Å². The van der Waals surface area contributed by atoms with Crippen LogP contribution in [0.1, 0.15) is 40.3 Å². The molecule has 0 fully saturated rings. The quantitative estimate of drug-likeness (QED) is 0.180. The number of para-hydroxylation sites is 1. The van der Waals surface area contributed by atoms with Crippen molar-refractivity contribution in [1.82, 2.24) is 4.57 Å². The summed E-state index contributed by atoms with van der Waals surface area (Å²) < 4.78 is 15.0. The van der Waals surface area contributed by atoms with Crippen molar-refractivity contribution in [2.75, 3.05) is 7.11 Å². The summed E-state index contributed by atoms with van der Waals surface area (Å²) in [6.07, 6.45) is 3.62. The lowest BCUT2D eigenvalue weighted by molar-refractivity contribution is 0.304. The first-order valence-corrected chi connectivity index (χ1v) is 16.4. The lowest BCUT2D eigenvalue weighted by Gasteiger charge is -2.31. The van der Waals surface area contributed by atoms with Gasteiger partial charge < -0.3 is 9.47 Å². The van der Waals surface area contributed by atoms with Gasteiger partial charge >= 0.3 is 0 Å². The van der Waals surface area contributed by atoms with Gasteiger partial charge in [0, 0.05) is 26.7 Å². The average Bonchev–Trinajstić information content (AvgIpc) is 3.34. The van der Waals surface area contributed by atoms with E-state index in [2.05, 4.69) is 34.1 Å². The summed E-state index contributed by atoms with van der Waals surface area (Å²) in [6.45, 7) is 0.295. The van der Waals surface area contributed by atoms with Gasteiger partial charge in [0.2, 0.25) is 0 Å². The van der Waals surface area contributed by atoms with Crippen molar-refractivity contribution in [3.63, 3.8) is 0 Å². The van der Waals surface area contributed by atoms with Crippen LogP contribution in [0.3, 0.4) is 0 Å². The Morgan fingerprint density at radius 1 is 1.00 bits per heavy atom. The number of thiazole rings is 1. The second-order valence-corrected chi connectivity index (χ2v) is 13.3. The number of benzene rings is 4. The Morgan fingerprint density at radius 2 is 1.82 bits per heavy atom. The van der Waals surface area contributed by atoms with E-state index in [4.69, 9.17) is 37.7 Å². The first-order chi connectivity index (χ1) is 21.4. The maximum absolute atomic E-state index is 14.1. The predicted octanol–water partition coefficient (Wildman–Crippen LogP) is 7.98. The zero-order chi connectivity index (χ0) is 30.4. The molecule has 5 nitrogen and oxygen atoms in total.